The second kappa shape index (κ2) is 9.36. The molecule has 0 atom stereocenters. The maximum atomic E-state index is 12.7. The van der Waals surface area contributed by atoms with E-state index in [0.29, 0.717) is 49.4 Å². The summed E-state index contributed by atoms with van der Waals surface area (Å²) in [5, 5.41) is 20.4. The van der Waals surface area contributed by atoms with E-state index in [-0.39, 0.29) is 11.5 Å². The summed E-state index contributed by atoms with van der Waals surface area (Å²) in [5.41, 5.74) is 5.62. The molecule has 0 bridgehead atoms. The summed E-state index contributed by atoms with van der Waals surface area (Å²) >= 11 is 0. The first-order chi connectivity index (χ1) is 17.7. The van der Waals surface area contributed by atoms with Gasteiger partial charge in [-0.15, -0.1) is 0 Å². The second-order valence-electron chi connectivity index (χ2n) is 9.91. The van der Waals surface area contributed by atoms with E-state index in [1.165, 1.54) is 0 Å². The molecule has 0 unspecified atom stereocenters. The SMILES string of the molecule is COc1cc(N2CCN(C)c3cc(N4CCC(C(=O)O)CC4)c(C#N)cc32)c2cc(C)c(=O)n(C)c2c1. The van der Waals surface area contributed by atoms with Crippen LogP contribution < -0.4 is 25.0 Å². The van der Waals surface area contributed by atoms with Crippen LogP contribution in [0.1, 0.15) is 24.0 Å². The third-order valence-electron chi connectivity index (χ3n) is 7.76. The van der Waals surface area contributed by atoms with Gasteiger partial charge in [-0.1, -0.05) is 0 Å². The van der Waals surface area contributed by atoms with Gasteiger partial charge in [-0.2, -0.15) is 5.26 Å². The maximum Gasteiger partial charge on any atom is 0.306 e. The van der Waals surface area contributed by atoms with Crippen molar-refractivity contribution in [2.45, 2.75) is 19.8 Å². The van der Waals surface area contributed by atoms with Crippen molar-refractivity contribution in [1.29, 1.82) is 5.26 Å². The summed E-state index contributed by atoms with van der Waals surface area (Å²) in [6, 6.07) is 12.2. The van der Waals surface area contributed by atoms with Crippen molar-refractivity contribution >= 4 is 39.6 Å². The molecule has 192 valence electrons. The first-order valence-electron chi connectivity index (χ1n) is 12.5. The van der Waals surface area contributed by atoms with Gasteiger partial charge >= 0.3 is 5.97 Å². The molecular formula is C28H31N5O4. The highest BCUT2D eigenvalue weighted by molar-refractivity contribution is 5.98. The minimum Gasteiger partial charge on any atom is -0.497 e. The first kappa shape index (κ1) is 24.5. The number of rotatable bonds is 4. The van der Waals surface area contributed by atoms with E-state index in [1.54, 1.807) is 18.7 Å². The van der Waals surface area contributed by atoms with Crippen LogP contribution in [-0.2, 0) is 11.8 Å². The zero-order valence-electron chi connectivity index (χ0n) is 21.6. The molecule has 1 saturated heterocycles. The largest absolute Gasteiger partial charge is 0.497 e. The number of nitriles is 1. The fourth-order valence-corrected chi connectivity index (χ4v) is 5.56. The van der Waals surface area contributed by atoms with Gasteiger partial charge in [-0.3, -0.25) is 9.59 Å². The van der Waals surface area contributed by atoms with Crippen molar-refractivity contribution in [3.8, 4) is 11.8 Å². The molecule has 0 saturated carbocycles. The van der Waals surface area contributed by atoms with Crippen molar-refractivity contribution in [2.75, 3.05) is 55.0 Å². The van der Waals surface area contributed by atoms with Crippen LogP contribution in [0, 0.1) is 24.2 Å². The van der Waals surface area contributed by atoms with Gasteiger partial charge in [0.15, 0.2) is 0 Å². The number of hydrogen-bond acceptors (Lipinski definition) is 7. The third-order valence-corrected chi connectivity index (χ3v) is 7.76. The maximum absolute atomic E-state index is 12.7. The predicted molar refractivity (Wildman–Crippen MR) is 144 cm³/mol. The molecule has 9 heteroatoms. The Bertz CT molecular complexity index is 1500. The first-order valence-corrected chi connectivity index (χ1v) is 12.5. The lowest BCUT2D eigenvalue weighted by Gasteiger charge is -2.39. The molecule has 2 aromatic carbocycles. The third kappa shape index (κ3) is 4.12. The number of likely N-dealkylation sites (N-methyl/N-ethyl adjacent to an activating group) is 1. The molecule has 1 fully saturated rings. The molecule has 3 heterocycles. The molecule has 37 heavy (non-hydrogen) atoms. The molecule has 2 aliphatic heterocycles. The number of nitrogens with zero attached hydrogens (tertiary/aromatic N) is 5. The summed E-state index contributed by atoms with van der Waals surface area (Å²) in [7, 11) is 5.43. The molecular weight excluding hydrogens is 470 g/mol. The Morgan fingerprint density at radius 2 is 1.73 bits per heavy atom. The number of carboxylic acid groups (broad SMARTS) is 1. The van der Waals surface area contributed by atoms with E-state index in [9.17, 15) is 20.0 Å². The summed E-state index contributed by atoms with van der Waals surface area (Å²) in [6.07, 6.45) is 1.13. The average Bonchev–Trinajstić information content (AvgIpc) is 2.91. The van der Waals surface area contributed by atoms with Crippen LogP contribution in [0.4, 0.5) is 22.7 Å². The number of fused-ring (bicyclic) bond motifs is 2. The molecule has 5 rings (SSSR count). The number of hydrogen-bond donors (Lipinski definition) is 1. The van der Waals surface area contributed by atoms with E-state index in [4.69, 9.17) is 4.74 Å². The van der Waals surface area contributed by atoms with E-state index in [2.05, 4.69) is 26.8 Å². The van der Waals surface area contributed by atoms with Crippen LogP contribution in [0.2, 0.25) is 0 Å². The van der Waals surface area contributed by atoms with Crippen molar-refractivity contribution in [3.05, 3.63) is 51.8 Å². The topological polar surface area (TPSA) is 102 Å². The molecule has 9 nitrogen and oxygen atoms in total. The number of benzene rings is 2. The normalized spacial score (nSPS) is 16.0. The van der Waals surface area contributed by atoms with E-state index >= 15 is 0 Å². The number of carbonyl (C=O) groups is 1. The Labute approximate surface area is 215 Å². The minimum atomic E-state index is -0.751. The molecule has 0 spiro atoms. The quantitative estimate of drug-likeness (QED) is 0.579. The van der Waals surface area contributed by atoms with Gasteiger partial charge in [-0.25, -0.2) is 0 Å². The van der Waals surface area contributed by atoms with Gasteiger partial charge in [0.2, 0.25) is 0 Å². The molecule has 3 aromatic rings. The number of aliphatic carboxylic acids is 1. The van der Waals surface area contributed by atoms with Crippen molar-refractivity contribution in [3.63, 3.8) is 0 Å². The lowest BCUT2D eigenvalue weighted by Crippen LogP contribution is -2.39. The number of carboxylic acids is 1. The van der Waals surface area contributed by atoms with Crippen LogP contribution in [0.3, 0.4) is 0 Å². The molecule has 1 N–H and O–H groups in total. The Morgan fingerprint density at radius 1 is 1.00 bits per heavy atom. The molecule has 0 aliphatic carbocycles. The Balaban J connectivity index is 1.65. The summed E-state index contributed by atoms with van der Waals surface area (Å²) in [5.74, 6) is -0.433. The summed E-state index contributed by atoms with van der Waals surface area (Å²) in [4.78, 5) is 30.6. The molecule has 0 amide bonds. The number of aryl methyl sites for hydroxylation is 2. The van der Waals surface area contributed by atoms with E-state index < -0.39 is 5.97 Å². The molecule has 1 aromatic heterocycles. The van der Waals surface area contributed by atoms with Crippen LogP contribution in [0.5, 0.6) is 5.75 Å². The highest BCUT2D eigenvalue weighted by Crippen LogP contribution is 2.44. The minimum absolute atomic E-state index is 0.0476. The fourth-order valence-electron chi connectivity index (χ4n) is 5.56. The van der Waals surface area contributed by atoms with Crippen molar-refractivity contribution in [2.24, 2.45) is 13.0 Å². The van der Waals surface area contributed by atoms with Crippen LogP contribution in [0.15, 0.2) is 35.1 Å². The van der Waals surface area contributed by atoms with Crippen molar-refractivity contribution < 1.29 is 14.6 Å². The highest BCUT2D eigenvalue weighted by atomic mass is 16.5. The van der Waals surface area contributed by atoms with Gasteiger partial charge in [0.1, 0.15) is 11.8 Å². The number of pyridine rings is 1. The second-order valence-corrected chi connectivity index (χ2v) is 9.91. The molecule has 2 aliphatic rings. The van der Waals surface area contributed by atoms with E-state index in [1.807, 2.05) is 38.2 Å². The highest BCUT2D eigenvalue weighted by Gasteiger charge is 2.30. The van der Waals surface area contributed by atoms with Crippen molar-refractivity contribution in [1.82, 2.24) is 4.57 Å². The lowest BCUT2D eigenvalue weighted by molar-refractivity contribution is -0.142. The average molecular weight is 502 g/mol. The standard InChI is InChI=1S/C28H31N5O4/c1-17-11-21-23(31(3)27(17)34)13-20(37-4)14-24(21)33-10-9-30(2)25-15-22(19(16-29)12-26(25)33)32-7-5-18(6-8-32)28(35)36/h11-15,18H,5-10H2,1-4H3,(H,35,36). The number of piperidine rings is 1. The van der Waals surface area contributed by atoms with Crippen LogP contribution in [0.25, 0.3) is 10.9 Å². The van der Waals surface area contributed by atoms with Gasteiger partial charge in [0.05, 0.1) is 46.9 Å². The number of methoxy groups -OCH3 is 1. The van der Waals surface area contributed by atoms with Gasteiger partial charge < -0.3 is 29.1 Å². The fraction of sp³-hybridized carbons (Fsp3) is 0.393. The zero-order chi connectivity index (χ0) is 26.4. The van der Waals surface area contributed by atoms with Gasteiger partial charge in [0, 0.05) is 63.4 Å². The Hall–Kier alpha value is -4.19. The Morgan fingerprint density at radius 3 is 2.38 bits per heavy atom. The summed E-state index contributed by atoms with van der Waals surface area (Å²) in [6.45, 7) is 4.49. The van der Waals surface area contributed by atoms with Crippen LogP contribution >= 0.6 is 0 Å². The zero-order valence-corrected chi connectivity index (χ0v) is 21.6. The smallest absolute Gasteiger partial charge is 0.306 e. The van der Waals surface area contributed by atoms with Gasteiger partial charge in [-0.05, 0) is 38.0 Å². The number of aromatic nitrogens is 1. The summed E-state index contributed by atoms with van der Waals surface area (Å²) < 4.78 is 7.25. The lowest BCUT2D eigenvalue weighted by atomic mass is 9.95. The Kier molecular flexibility index (Phi) is 6.20. The monoisotopic (exact) mass is 501 g/mol. The van der Waals surface area contributed by atoms with Gasteiger partial charge in [0.25, 0.3) is 5.56 Å². The molecule has 0 radical (unpaired) electrons. The number of ether oxygens (including phenoxy) is 1. The van der Waals surface area contributed by atoms with Crippen LogP contribution in [-0.4, -0.2) is 56.0 Å². The predicted octanol–water partition coefficient (Wildman–Crippen LogP) is 3.62. The van der Waals surface area contributed by atoms with E-state index in [0.717, 1.165) is 40.2 Å². The number of anilines is 4.